The van der Waals surface area contributed by atoms with Crippen molar-refractivity contribution in [3.05, 3.63) is 35.4 Å². The fourth-order valence-corrected chi connectivity index (χ4v) is 2.59. The van der Waals surface area contributed by atoms with Crippen molar-refractivity contribution in [2.24, 2.45) is 4.99 Å². The summed E-state index contributed by atoms with van der Waals surface area (Å²) in [5.41, 5.74) is 2.23. The minimum Gasteiger partial charge on any atom is -0.385 e. The molecule has 0 saturated carbocycles. The molecule has 0 unspecified atom stereocenters. The minimum atomic E-state index is -0.132. The van der Waals surface area contributed by atoms with Gasteiger partial charge in [-0.2, -0.15) is 0 Å². The van der Waals surface area contributed by atoms with Gasteiger partial charge in [0.25, 0.3) is 0 Å². The number of nitrogens with zero attached hydrogens (tertiary/aromatic N) is 2. The van der Waals surface area contributed by atoms with E-state index in [1.807, 2.05) is 0 Å². The largest absolute Gasteiger partial charge is 0.385 e. The molecular weight excluding hydrogens is 352 g/mol. The van der Waals surface area contributed by atoms with Crippen LogP contribution in [0.2, 0.25) is 0 Å². The molecule has 2 N–H and O–H groups in total. The summed E-state index contributed by atoms with van der Waals surface area (Å²) in [6.07, 6.45) is 1.05. The highest BCUT2D eigenvalue weighted by atomic mass is 16.5. The van der Waals surface area contributed by atoms with E-state index in [1.54, 1.807) is 7.11 Å². The summed E-state index contributed by atoms with van der Waals surface area (Å²) < 4.78 is 11.0. The fourth-order valence-electron chi connectivity index (χ4n) is 2.59. The van der Waals surface area contributed by atoms with E-state index < -0.39 is 0 Å². The summed E-state index contributed by atoms with van der Waals surface area (Å²) in [7, 11) is 3.88. The summed E-state index contributed by atoms with van der Waals surface area (Å²) in [6, 6.07) is 8.45. The number of guanidine groups is 1. The first-order valence-electron chi connectivity index (χ1n) is 10.3. The van der Waals surface area contributed by atoms with Gasteiger partial charge in [0.05, 0.1) is 18.8 Å². The molecule has 0 aliphatic carbocycles. The average molecular weight is 393 g/mol. The number of rotatable bonds is 12. The third-order valence-electron chi connectivity index (χ3n) is 4.10. The van der Waals surface area contributed by atoms with Gasteiger partial charge in [0.1, 0.15) is 0 Å². The van der Waals surface area contributed by atoms with Gasteiger partial charge in [0, 0.05) is 39.9 Å². The van der Waals surface area contributed by atoms with Crippen molar-refractivity contribution in [3.63, 3.8) is 0 Å². The first-order chi connectivity index (χ1) is 13.3. The molecule has 0 aliphatic heterocycles. The van der Waals surface area contributed by atoms with Crippen molar-refractivity contribution in [2.75, 3.05) is 46.9 Å². The quantitative estimate of drug-likeness (QED) is 0.325. The van der Waals surface area contributed by atoms with Gasteiger partial charge in [-0.05, 0) is 52.3 Å². The van der Waals surface area contributed by atoms with Gasteiger partial charge in [0.15, 0.2) is 5.96 Å². The smallest absolute Gasteiger partial charge is 0.191 e. The Hall–Kier alpha value is -1.63. The van der Waals surface area contributed by atoms with Crippen LogP contribution in [-0.4, -0.2) is 63.4 Å². The lowest BCUT2D eigenvalue weighted by Crippen LogP contribution is -2.41. The maximum absolute atomic E-state index is 5.87. The summed E-state index contributed by atoms with van der Waals surface area (Å²) in [5.74, 6) is 0.851. The molecule has 1 aromatic carbocycles. The van der Waals surface area contributed by atoms with E-state index in [-0.39, 0.29) is 5.60 Å². The van der Waals surface area contributed by atoms with Crippen LogP contribution in [0.15, 0.2) is 29.3 Å². The molecule has 0 spiro atoms. The molecule has 0 aliphatic rings. The van der Waals surface area contributed by atoms with Crippen molar-refractivity contribution in [2.45, 2.75) is 52.9 Å². The van der Waals surface area contributed by atoms with Crippen LogP contribution in [0.4, 0.5) is 0 Å². The van der Waals surface area contributed by atoms with Crippen molar-refractivity contribution in [1.82, 2.24) is 15.5 Å². The van der Waals surface area contributed by atoms with E-state index in [4.69, 9.17) is 14.5 Å². The highest BCUT2D eigenvalue weighted by molar-refractivity contribution is 5.79. The molecular formula is C22H40N4O2. The van der Waals surface area contributed by atoms with Gasteiger partial charge in [-0.3, -0.25) is 0 Å². The lowest BCUT2D eigenvalue weighted by Gasteiger charge is -2.19. The molecule has 6 heteroatoms. The van der Waals surface area contributed by atoms with E-state index in [2.05, 4.69) is 74.5 Å². The van der Waals surface area contributed by atoms with E-state index in [1.165, 1.54) is 11.1 Å². The lowest BCUT2D eigenvalue weighted by atomic mass is 10.1. The number of hydrogen-bond acceptors (Lipinski definition) is 4. The minimum absolute atomic E-state index is 0.132. The maximum Gasteiger partial charge on any atom is 0.191 e. The third-order valence-corrected chi connectivity index (χ3v) is 4.10. The zero-order chi connectivity index (χ0) is 20.8. The molecule has 0 amide bonds. The van der Waals surface area contributed by atoms with Gasteiger partial charge in [0.2, 0.25) is 0 Å². The highest BCUT2D eigenvalue weighted by Gasteiger charge is 2.10. The molecule has 6 nitrogen and oxygen atoms in total. The topological polar surface area (TPSA) is 58.1 Å². The van der Waals surface area contributed by atoms with Gasteiger partial charge in [-0.15, -0.1) is 0 Å². The Morgan fingerprint density at radius 2 is 1.89 bits per heavy atom. The Labute approximate surface area is 171 Å². The van der Waals surface area contributed by atoms with Crippen LogP contribution >= 0.6 is 0 Å². The van der Waals surface area contributed by atoms with Crippen LogP contribution in [0.3, 0.4) is 0 Å². The number of likely N-dealkylation sites (N-methyl/N-ethyl adjacent to an activating group) is 1. The molecule has 0 atom stereocenters. The summed E-state index contributed by atoms with van der Waals surface area (Å²) >= 11 is 0. The molecule has 160 valence electrons. The second-order valence-corrected chi connectivity index (χ2v) is 7.99. The van der Waals surface area contributed by atoms with Crippen LogP contribution in [0.5, 0.6) is 0 Å². The van der Waals surface area contributed by atoms with Gasteiger partial charge < -0.3 is 25.0 Å². The van der Waals surface area contributed by atoms with E-state index in [9.17, 15) is 0 Å². The first kappa shape index (κ1) is 24.4. The molecule has 1 aromatic rings. The van der Waals surface area contributed by atoms with Gasteiger partial charge in [-0.1, -0.05) is 24.3 Å². The van der Waals surface area contributed by atoms with Crippen molar-refractivity contribution in [1.29, 1.82) is 0 Å². The SMILES string of the molecule is CCNC(=NCc1cccc(COC(C)(C)C)c1)NCCN(C)CCCOC. The van der Waals surface area contributed by atoms with Crippen LogP contribution in [0, 0.1) is 0 Å². The highest BCUT2D eigenvalue weighted by Crippen LogP contribution is 2.13. The lowest BCUT2D eigenvalue weighted by molar-refractivity contribution is -0.0149. The number of benzene rings is 1. The first-order valence-corrected chi connectivity index (χ1v) is 10.3. The number of hydrogen-bond donors (Lipinski definition) is 2. The Kier molecular flexibility index (Phi) is 11.8. The monoisotopic (exact) mass is 392 g/mol. The number of ether oxygens (including phenoxy) is 2. The molecule has 0 bridgehead atoms. The van der Waals surface area contributed by atoms with E-state index >= 15 is 0 Å². The van der Waals surface area contributed by atoms with Gasteiger partial charge >= 0.3 is 0 Å². The zero-order valence-corrected chi connectivity index (χ0v) is 18.7. The summed E-state index contributed by atoms with van der Waals surface area (Å²) in [4.78, 5) is 7.02. The van der Waals surface area contributed by atoms with Crippen molar-refractivity contribution in [3.8, 4) is 0 Å². The van der Waals surface area contributed by atoms with Crippen LogP contribution < -0.4 is 10.6 Å². The fraction of sp³-hybridized carbons (Fsp3) is 0.682. The summed E-state index contributed by atoms with van der Waals surface area (Å²) in [6.45, 7) is 14.1. The van der Waals surface area contributed by atoms with E-state index in [0.29, 0.717) is 13.2 Å². The molecule has 0 radical (unpaired) electrons. The standard InChI is InChI=1S/C22H40N4O2/c1-7-23-21(24-12-14-26(5)13-9-15-27-6)25-17-19-10-8-11-20(16-19)18-28-22(2,3)4/h8,10-11,16H,7,9,12-15,17-18H2,1-6H3,(H2,23,24,25). The normalized spacial score (nSPS) is 12.5. The van der Waals surface area contributed by atoms with Gasteiger partial charge in [-0.25, -0.2) is 4.99 Å². The number of methoxy groups -OCH3 is 1. The number of nitrogens with one attached hydrogen (secondary N) is 2. The number of aliphatic imine (C=N–C) groups is 1. The Balaban J connectivity index is 2.50. The van der Waals surface area contributed by atoms with Crippen LogP contribution in [-0.2, 0) is 22.6 Å². The van der Waals surface area contributed by atoms with E-state index in [0.717, 1.165) is 45.2 Å². The Morgan fingerprint density at radius 3 is 2.57 bits per heavy atom. The second kappa shape index (κ2) is 13.5. The van der Waals surface area contributed by atoms with Crippen LogP contribution in [0.1, 0.15) is 45.2 Å². The molecule has 0 fully saturated rings. The Bertz CT molecular complexity index is 570. The molecule has 0 heterocycles. The predicted molar refractivity (Wildman–Crippen MR) is 118 cm³/mol. The Morgan fingerprint density at radius 1 is 1.14 bits per heavy atom. The molecule has 0 aromatic heterocycles. The van der Waals surface area contributed by atoms with Crippen LogP contribution in [0.25, 0.3) is 0 Å². The van der Waals surface area contributed by atoms with Crippen molar-refractivity contribution >= 4 is 5.96 Å². The van der Waals surface area contributed by atoms with Crippen molar-refractivity contribution < 1.29 is 9.47 Å². The zero-order valence-electron chi connectivity index (χ0n) is 18.7. The second-order valence-electron chi connectivity index (χ2n) is 7.99. The predicted octanol–water partition coefficient (Wildman–Crippen LogP) is 3.03. The molecule has 28 heavy (non-hydrogen) atoms. The maximum atomic E-state index is 5.87. The summed E-state index contributed by atoms with van der Waals surface area (Å²) in [5, 5.41) is 6.73. The molecule has 1 rings (SSSR count). The molecule has 0 saturated heterocycles. The average Bonchev–Trinajstić information content (AvgIpc) is 2.64. The third kappa shape index (κ3) is 12.0.